The van der Waals surface area contributed by atoms with Crippen LogP contribution in [0.2, 0.25) is 0 Å². The third-order valence-electron chi connectivity index (χ3n) is 11.3. The number of alkyl halides is 1. The minimum atomic E-state index is -1.14. The van der Waals surface area contributed by atoms with Gasteiger partial charge in [0.25, 0.3) is 0 Å². The maximum absolute atomic E-state index is 14.3. The third-order valence-corrected chi connectivity index (χ3v) is 12.2. The van der Waals surface area contributed by atoms with Crippen molar-refractivity contribution in [2.24, 2.45) is 23.7 Å². The van der Waals surface area contributed by atoms with Crippen molar-refractivity contribution in [3.8, 4) is 0 Å². The molecule has 2 rings (SSSR count). The number of nitrogens with zero attached hydrogens (tertiary/aromatic N) is 3. The number of benzene rings is 1. The Hall–Kier alpha value is -2.82. The van der Waals surface area contributed by atoms with E-state index in [1.165, 1.54) is 7.11 Å². The van der Waals surface area contributed by atoms with Crippen LogP contribution >= 0.6 is 22.6 Å². The predicted octanol–water partition coefficient (Wildman–Crippen LogP) is 4.60. The van der Waals surface area contributed by atoms with Gasteiger partial charge in [-0.25, -0.2) is 4.79 Å². The maximum atomic E-state index is 14.3. The van der Waals surface area contributed by atoms with Crippen LogP contribution in [0.5, 0.6) is 0 Å². The van der Waals surface area contributed by atoms with Crippen molar-refractivity contribution < 1.29 is 38.6 Å². The second-order valence-electron chi connectivity index (χ2n) is 15.8. The van der Waals surface area contributed by atoms with Crippen LogP contribution < -0.4 is 10.6 Å². The lowest BCUT2D eigenvalue weighted by atomic mass is 9.89. The Bertz CT molecular complexity index is 1400. The van der Waals surface area contributed by atoms with E-state index >= 15 is 0 Å². The van der Waals surface area contributed by atoms with Gasteiger partial charge in [-0.05, 0) is 50.1 Å². The largest absolute Gasteiger partial charge is 0.480 e. The molecule has 0 spiro atoms. The maximum Gasteiger partial charge on any atom is 0.326 e. The van der Waals surface area contributed by atoms with Gasteiger partial charge in [0.2, 0.25) is 23.6 Å². The lowest BCUT2D eigenvalue weighted by Crippen LogP contribution is -2.60. The zero-order valence-corrected chi connectivity index (χ0v) is 37.2. The first-order chi connectivity index (χ1) is 25.8. The fourth-order valence-electron chi connectivity index (χ4n) is 7.81. The molecule has 10 atom stereocenters. The normalized spacial score (nSPS) is 19.6. The van der Waals surface area contributed by atoms with Gasteiger partial charge in [0.1, 0.15) is 12.1 Å². The Labute approximate surface area is 343 Å². The molecule has 14 heteroatoms. The number of ether oxygens (including phenoxy) is 2. The molecule has 312 valence electrons. The Balaban J connectivity index is 2.29. The van der Waals surface area contributed by atoms with Gasteiger partial charge in [-0.3, -0.25) is 24.1 Å². The summed E-state index contributed by atoms with van der Waals surface area (Å²) in [6.07, 6.45) is 0.804. The molecule has 3 N–H and O–H groups in total. The molecule has 2 unspecified atom stereocenters. The zero-order valence-electron chi connectivity index (χ0n) is 35.1. The van der Waals surface area contributed by atoms with Crippen LogP contribution in [0.1, 0.15) is 86.6 Å². The van der Waals surface area contributed by atoms with Crippen molar-refractivity contribution in [2.75, 3.05) is 34.9 Å². The zero-order chi connectivity index (χ0) is 41.7. The first-order valence-corrected chi connectivity index (χ1v) is 20.9. The number of carbonyl (C=O) groups excluding carboxylic acids is 4. The molecule has 0 radical (unpaired) electrons. The molecule has 1 aromatic rings. The van der Waals surface area contributed by atoms with Crippen molar-refractivity contribution in [2.45, 2.75) is 134 Å². The molecule has 0 aromatic heterocycles. The number of hydrogen-bond donors (Lipinski definition) is 3. The smallest absolute Gasteiger partial charge is 0.326 e. The number of carboxylic acid groups (broad SMARTS) is 1. The molecule has 0 saturated carbocycles. The summed E-state index contributed by atoms with van der Waals surface area (Å²) in [5.41, 5.74) is 0.785. The first-order valence-electron chi connectivity index (χ1n) is 19.7. The van der Waals surface area contributed by atoms with Crippen LogP contribution in [-0.4, -0.2) is 131 Å². The Morgan fingerprint density at radius 2 is 1.55 bits per heavy atom. The fourth-order valence-corrected chi connectivity index (χ4v) is 8.16. The number of nitrogens with one attached hydrogen (secondary N) is 2. The van der Waals surface area contributed by atoms with E-state index in [1.54, 1.807) is 30.9 Å². The van der Waals surface area contributed by atoms with Crippen LogP contribution in [-0.2, 0) is 39.9 Å². The summed E-state index contributed by atoms with van der Waals surface area (Å²) in [5, 5.41) is 15.6. The minimum absolute atomic E-state index is 0.0126. The molecule has 0 bridgehead atoms. The molecule has 1 aliphatic heterocycles. The molecule has 0 aliphatic carbocycles. The Morgan fingerprint density at radius 1 is 0.927 bits per heavy atom. The van der Waals surface area contributed by atoms with Crippen molar-refractivity contribution >= 4 is 52.2 Å². The second kappa shape index (κ2) is 22.8. The number of methoxy groups -OCH3 is 2. The summed E-state index contributed by atoms with van der Waals surface area (Å²) in [4.78, 5) is 73.3. The van der Waals surface area contributed by atoms with E-state index in [2.05, 4.69) is 33.2 Å². The second-order valence-corrected chi connectivity index (χ2v) is 17.6. The number of hydrogen-bond acceptors (Lipinski definition) is 8. The monoisotopic (exact) mass is 885 g/mol. The number of halogens is 1. The number of likely N-dealkylation sites (tertiary alicyclic amines) is 1. The van der Waals surface area contributed by atoms with E-state index in [0.717, 1.165) is 12.0 Å². The van der Waals surface area contributed by atoms with Gasteiger partial charge in [-0.2, -0.15) is 0 Å². The Kier molecular flexibility index (Phi) is 20.0. The van der Waals surface area contributed by atoms with Gasteiger partial charge in [0.05, 0.1) is 46.7 Å². The summed E-state index contributed by atoms with van der Waals surface area (Å²) in [7, 11) is 6.68. The van der Waals surface area contributed by atoms with Crippen LogP contribution in [0.3, 0.4) is 0 Å². The van der Waals surface area contributed by atoms with Crippen molar-refractivity contribution in [1.82, 2.24) is 25.3 Å². The average molecular weight is 886 g/mol. The highest BCUT2D eigenvalue weighted by Crippen LogP contribution is 2.30. The summed E-state index contributed by atoms with van der Waals surface area (Å²) >= 11 is 2.28. The number of amides is 4. The number of carboxylic acids is 1. The van der Waals surface area contributed by atoms with Crippen LogP contribution in [0.25, 0.3) is 0 Å². The van der Waals surface area contributed by atoms with Gasteiger partial charge >= 0.3 is 5.97 Å². The van der Waals surface area contributed by atoms with E-state index in [4.69, 9.17) is 9.47 Å². The summed E-state index contributed by atoms with van der Waals surface area (Å²) in [6.45, 7) is 16.0. The number of aliphatic carboxylic acids is 1. The Morgan fingerprint density at radius 3 is 2.04 bits per heavy atom. The minimum Gasteiger partial charge on any atom is -0.480 e. The standard InChI is InChI=1S/C41H68IN5O8/c1-13-26(6)36(46(10)40(51)34(24(2)3)44-39(50)35(25(4)5)45(9)28(8)42)32(54-11)23-33(48)47-21-17-20-31(47)37(55-12)27(7)38(49)43-30(41(52)53)22-29-18-15-14-16-19-29/h14-16,18-19,24-28,30-32,34-37H,13,17,20-23H2,1-12H3,(H,43,49)(H,44,50)(H,52,53)/t26?,27-,28+,30?,31+,32-,34+,35+,36+,37-/m1/s1. The molecule has 1 fully saturated rings. The van der Waals surface area contributed by atoms with E-state index in [1.807, 2.05) is 90.7 Å². The summed E-state index contributed by atoms with van der Waals surface area (Å²) in [5.74, 6) is -3.23. The van der Waals surface area contributed by atoms with Gasteiger partial charge in [-0.1, -0.05) is 108 Å². The first kappa shape index (κ1) is 48.3. The highest BCUT2D eigenvalue weighted by atomic mass is 127. The van der Waals surface area contributed by atoms with E-state index < -0.39 is 60.2 Å². The molecular weight excluding hydrogens is 817 g/mol. The molecule has 1 aliphatic rings. The summed E-state index contributed by atoms with van der Waals surface area (Å²) < 4.78 is 12.0. The topological polar surface area (TPSA) is 158 Å². The highest BCUT2D eigenvalue weighted by molar-refractivity contribution is 14.1. The number of carbonyl (C=O) groups is 5. The quantitative estimate of drug-likeness (QED) is 0.0861. The lowest BCUT2D eigenvalue weighted by Gasteiger charge is -2.41. The average Bonchev–Trinajstić information content (AvgIpc) is 3.62. The van der Waals surface area contributed by atoms with Crippen LogP contribution in [0.4, 0.5) is 0 Å². The molecule has 1 saturated heterocycles. The van der Waals surface area contributed by atoms with Gasteiger partial charge in [-0.15, -0.1) is 0 Å². The SMILES string of the molecule is CCC(C)[C@@H]([C@@H](CC(=O)N1CCC[C@H]1[C@H](OC)[C@@H](C)C(=O)NC(Cc1ccccc1)C(=O)O)OC)N(C)C(=O)[C@@H](NC(=O)[C@H](C(C)C)N(C)[C@@H](C)I)C(C)C. The van der Waals surface area contributed by atoms with Gasteiger partial charge in [0.15, 0.2) is 0 Å². The van der Waals surface area contributed by atoms with Crippen molar-refractivity contribution in [3.05, 3.63) is 35.9 Å². The summed E-state index contributed by atoms with van der Waals surface area (Å²) in [6, 6.07) is 5.86. The number of rotatable bonds is 22. The molecule has 13 nitrogen and oxygen atoms in total. The highest BCUT2D eigenvalue weighted by Gasteiger charge is 2.43. The predicted molar refractivity (Wildman–Crippen MR) is 222 cm³/mol. The van der Waals surface area contributed by atoms with E-state index in [9.17, 15) is 29.1 Å². The van der Waals surface area contributed by atoms with Crippen LogP contribution in [0.15, 0.2) is 30.3 Å². The molecule has 55 heavy (non-hydrogen) atoms. The molecule has 1 heterocycles. The van der Waals surface area contributed by atoms with E-state index in [-0.39, 0.29) is 52.4 Å². The van der Waals surface area contributed by atoms with Crippen molar-refractivity contribution in [3.63, 3.8) is 0 Å². The number of likely N-dealkylation sites (N-methyl/N-ethyl adjacent to an activating group) is 2. The fraction of sp³-hybridized carbons (Fsp3) is 0.732. The molecular formula is C41H68IN5O8. The lowest BCUT2D eigenvalue weighted by molar-refractivity contribution is -0.148. The van der Waals surface area contributed by atoms with E-state index in [0.29, 0.717) is 19.4 Å². The van der Waals surface area contributed by atoms with Gasteiger partial charge in [0, 0.05) is 34.2 Å². The van der Waals surface area contributed by atoms with Gasteiger partial charge < -0.3 is 35.0 Å². The third kappa shape index (κ3) is 13.1. The van der Waals surface area contributed by atoms with Crippen molar-refractivity contribution in [1.29, 1.82) is 0 Å². The molecule has 4 amide bonds. The molecule has 1 aromatic carbocycles. The van der Waals surface area contributed by atoms with Crippen LogP contribution in [0, 0.1) is 23.7 Å².